The number of fused-ring (bicyclic) bond motifs is 2. The van der Waals surface area contributed by atoms with Gasteiger partial charge in [0.2, 0.25) is 0 Å². The van der Waals surface area contributed by atoms with E-state index in [2.05, 4.69) is 20.5 Å². The zero-order valence-electron chi connectivity index (χ0n) is 16.4. The number of carbonyl (C=O) groups excluding carboxylic acids is 1. The van der Waals surface area contributed by atoms with Crippen molar-refractivity contribution in [3.63, 3.8) is 0 Å². The van der Waals surface area contributed by atoms with Crippen LogP contribution in [0.15, 0.2) is 26.8 Å². The summed E-state index contributed by atoms with van der Waals surface area (Å²) < 4.78 is 39.4. The van der Waals surface area contributed by atoms with E-state index in [-0.39, 0.29) is 4.21 Å². The molecule has 29 heavy (non-hydrogen) atoms. The van der Waals surface area contributed by atoms with Crippen LogP contribution in [-0.4, -0.2) is 27.0 Å². The maximum atomic E-state index is 12.8. The van der Waals surface area contributed by atoms with E-state index in [0.717, 1.165) is 55.5 Å². The van der Waals surface area contributed by atoms with Crippen LogP contribution >= 0.6 is 11.3 Å². The van der Waals surface area contributed by atoms with Crippen molar-refractivity contribution in [2.24, 2.45) is 4.36 Å². The van der Waals surface area contributed by atoms with Crippen LogP contribution in [0.4, 0.5) is 15.5 Å². The van der Waals surface area contributed by atoms with Crippen LogP contribution < -0.4 is 10.0 Å². The van der Waals surface area contributed by atoms with E-state index in [4.69, 9.17) is 4.78 Å². The van der Waals surface area contributed by atoms with Crippen LogP contribution in [0.3, 0.4) is 0 Å². The van der Waals surface area contributed by atoms with E-state index in [9.17, 15) is 13.2 Å². The molecule has 0 saturated carbocycles. The second-order valence-corrected chi connectivity index (χ2v) is 13.3. The number of aryl methyl sites for hydroxylation is 2. The predicted molar refractivity (Wildman–Crippen MR) is 118 cm³/mol. The van der Waals surface area contributed by atoms with Crippen LogP contribution in [0, 0.1) is 4.78 Å². The molecule has 4 rings (SSSR count). The largest absolute Gasteiger partial charge is 0.331 e. The first-order valence-electron chi connectivity index (χ1n) is 9.43. The summed E-state index contributed by atoms with van der Waals surface area (Å²) in [6.07, 6.45) is 9.06. The molecule has 3 N–H and O–H groups in total. The van der Waals surface area contributed by atoms with E-state index >= 15 is 0 Å². The van der Waals surface area contributed by atoms with E-state index in [1.165, 1.54) is 40.8 Å². The van der Waals surface area contributed by atoms with Gasteiger partial charge in [0, 0.05) is 27.9 Å². The molecule has 7 nitrogen and oxygen atoms in total. The van der Waals surface area contributed by atoms with Gasteiger partial charge < -0.3 is 5.32 Å². The van der Waals surface area contributed by atoms with Gasteiger partial charge in [-0.2, -0.15) is 4.36 Å². The van der Waals surface area contributed by atoms with Crippen molar-refractivity contribution in [1.29, 1.82) is 4.78 Å². The lowest BCUT2D eigenvalue weighted by atomic mass is 9.99. The fraction of sp³-hybridized carbons (Fsp3) is 0.421. The maximum absolute atomic E-state index is 12.8. The number of nitrogens with zero attached hydrogens (tertiary/aromatic N) is 1. The van der Waals surface area contributed by atoms with Crippen LogP contribution in [0.2, 0.25) is 0 Å². The molecular formula is C19H24N4O3S3. The lowest BCUT2D eigenvalue weighted by Gasteiger charge is -2.17. The van der Waals surface area contributed by atoms with E-state index < -0.39 is 25.7 Å². The molecule has 0 radical (unpaired) electrons. The smallest absolute Gasteiger partial charge is 0.307 e. The zero-order chi connectivity index (χ0) is 20.8. The molecule has 2 aliphatic carbocycles. The van der Waals surface area contributed by atoms with Gasteiger partial charge in [-0.25, -0.2) is 22.7 Å². The van der Waals surface area contributed by atoms with Crippen molar-refractivity contribution in [1.82, 2.24) is 4.72 Å². The van der Waals surface area contributed by atoms with Gasteiger partial charge in [-0.05, 0) is 72.9 Å². The Hall–Kier alpha value is -1.91. The summed E-state index contributed by atoms with van der Waals surface area (Å²) in [5.41, 5.74) is 5.78. The molecule has 0 fully saturated rings. The van der Waals surface area contributed by atoms with Crippen molar-refractivity contribution < 1.29 is 13.2 Å². The molecule has 1 aromatic heterocycles. The molecule has 0 unspecified atom stereocenters. The predicted octanol–water partition coefficient (Wildman–Crippen LogP) is 4.23. The van der Waals surface area contributed by atoms with Gasteiger partial charge in [0.1, 0.15) is 9.21 Å². The number of hydrogen-bond acceptors (Lipinski definition) is 6. The fourth-order valence-electron chi connectivity index (χ4n) is 4.02. The Morgan fingerprint density at radius 1 is 1.07 bits per heavy atom. The van der Waals surface area contributed by atoms with Crippen molar-refractivity contribution >= 4 is 47.7 Å². The van der Waals surface area contributed by atoms with Gasteiger partial charge in [0.15, 0.2) is 9.92 Å². The van der Waals surface area contributed by atoms with Gasteiger partial charge >= 0.3 is 6.03 Å². The van der Waals surface area contributed by atoms with E-state index in [0.29, 0.717) is 5.00 Å². The number of urea groups is 1. The molecule has 0 spiro atoms. The highest BCUT2D eigenvalue weighted by Crippen LogP contribution is 2.38. The Bertz CT molecular complexity index is 1180. The topological polar surface area (TPSA) is 111 Å². The first-order chi connectivity index (χ1) is 13.6. The molecule has 1 heterocycles. The standard InChI is InChI=1S/C19H24N4O3S3/c1-28(2,25)22-16-9-10-17(27-16)29(20,26)23-19(24)21-18-14-7-3-5-12(14)11-13-6-4-8-15(13)18/h9-11H,3-8H2,1-2H3,(H3,20,21,23,24,26)/t29-/m1/s1. The van der Waals surface area contributed by atoms with Crippen molar-refractivity contribution in [3.8, 4) is 0 Å². The van der Waals surface area contributed by atoms with Gasteiger partial charge in [0.05, 0.1) is 0 Å². The molecule has 1 atom stereocenters. The lowest BCUT2D eigenvalue weighted by molar-refractivity contribution is 0.256. The molecule has 10 heteroatoms. The minimum atomic E-state index is -3.54. The number of nitrogens with one attached hydrogen (secondary N) is 3. The summed E-state index contributed by atoms with van der Waals surface area (Å²) >= 11 is 1.00. The molecule has 2 aromatic rings. The van der Waals surface area contributed by atoms with Crippen molar-refractivity contribution in [2.45, 2.75) is 42.7 Å². The molecule has 2 aliphatic rings. The third-order valence-corrected chi connectivity index (χ3v) is 8.76. The molecule has 2 amide bonds. The highest BCUT2D eigenvalue weighted by atomic mass is 32.2. The summed E-state index contributed by atoms with van der Waals surface area (Å²) in [5, 5.41) is 3.33. The number of benzene rings is 1. The SMILES string of the molecule is CS(C)(=O)=Nc1ccc([S@](=N)(=O)NC(=O)Nc2c3c(cc4c2CCC4)CCC3)s1. The van der Waals surface area contributed by atoms with Crippen molar-refractivity contribution in [3.05, 3.63) is 40.5 Å². The third-order valence-electron chi connectivity index (χ3n) is 5.11. The summed E-state index contributed by atoms with van der Waals surface area (Å²) in [6.45, 7) is 0. The molecule has 156 valence electrons. The minimum Gasteiger partial charge on any atom is -0.307 e. The summed E-state index contributed by atoms with van der Waals surface area (Å²) in [7, 11) is -5.89. The first kappa shape index (κ1) is 20.4. The normalized spacial score (nSPS) is 17.3. The quantitative estimate of drug-likeness (QED) is 0.645. The summed E-state index contributed by atoms with van der Waals surface area (Å²) in [6, 6.07) is 4.69. The highest BCUT2D eigenvalue weighted by molar-refractivity contribution is 7.93. The number of hydrogen-bond donors (Lipinski definition) is 3. The highest BCUT2D eigenvalue weighted by Gasteiger charge is 2.26. The van der Waals surface area contributed by atoms with Crippen LogP contribution in [0.1, 0.15) is 35.1 Å². The van der Waals surface area contributed by atoms with Crippen molar-refractivity contribution in [2.75, 3.05) is 17.8 Å². The fourth-order valence-corrected chi connectivity index (χ4v) is 7.20. The monoisotopic (exact) mass is 452 g/mol. The average molecular weight is 453 g/mol. The molecule has 0 saturated heterocycles. The Balaban J connectivity index is 1.56. The Kier molecular flexibility index (Phi) is 5.20. The second kappa shape index (κ2) is 7.41. The second-order valence-electron chi connectivity index (χ2n) is 7.71. The first-order valence-corrected chi connectivity index (χ1v) is 14.1. The van der Waals surface area contributed by atoms with Crippen LogP contribution in [0.25, 0.3) is 0 Å². The number of anilines is 1. The molecule has 0 aliphatic heterocycles. The Labute approximate surface area is 175 Å². The van der Waals surface area contributed by atoms with Gasteiger partial charge in [-0.3, -0.25) is 0 Å². The van der Waals surface area contributed by atoms with Gasteiger partial charge in [-0.15, -0.1) is 11.3 Å². The number of thiophene rings is 1. The molecule has 1 aromatic carbocycles. The number of carbonyl (C=O) groups is 1. The zero-order valence-corrected chi connectivity index (χ0v) is 18.8. The Morgan fingerprint density at radius 2 is 1.69 bits per heavy atom. The third kappa shape index (κ3) is 4.34. The van der Waals surface area contributed by atoms with Gasteiger partial charge in [-0.1, -0.05) is 6.07 Å². The van der Waals surface area contributed by atoms with E-state index in [1.54, 1.807) is 6.07 Å². The molecule has 0 bridgehead atoms. The number of amides is 2. The number of rotatable bonds is 4. The lowest BCUT2D eigenvalue weighted by Crippen LogP contribution is -2.33. The molecular weight excluding hydrogens is 428 g/mol. The Morgan fingerprint density at radius 3 is 2.28 bits per heavy atom. The van der Waals surface area contributed by atoms with E-state index in [1.807, 2.05) is 0 Å². The summed E-state index contributed by atoms with van der Waals surface area (Å²) in [5.74, 6) is 0. The average Bonchev–Trinajstić information content (AvgIpc) is 3.31. The van der Waals surface area contributed by atoms with Crippen LogP contribution in [0.5, 0.6) is 0 Å². The maximum Gasteiger partial charge on any atom is 0.331 e. The van der Waals surface area contributed by atoms with Gasteiger partial charge in [0.25, 0.3) is 0 Å². The minimum absolute atomic E-state index is 0.179. The van der Waals surface area contributed by atoms with Crippen LogP contribution in [-0.2, 0) is 45.3 Å². The summed E-state index contributed by atoms with van der Waals surface area (Å²) in [4.78, 5) is 12.7.